The molecule has 0 saturated heterocycles. The van der Waals surface area contributed by atoms with Gasteiger partial charge in [0.1, 0.15) is 6.07 Å². The summed E-state index contributed by atoms with van der Waals surface area (Å²) in [4.78, 5) is 8.13. The predicted octanol–water partition coefficient (Wildman–Crippen LogP) is 1.69. The van der Waals surface area contributed by atoms with Crippen molar-refractivity contribution in [2.45, 2.75) is 0 Å². The van der Waals surface area contributed by atoms with Crippen LogP contribution in [0.3, 0.4) is 0 Å². The molecule has 0 unspecified atom stereocenters. The van der Waals surface area contributed by atoms with Gasteiger partial charge in [-0.2, -0.15) is 10.4 Å². The number of para-hydroxylation sites is 1. The molecule has 5 nitrogen and oxygen atoms in total. The number of hydrogen-bond acceptors (Lipinski definition) is 4. The van der Waals surface area contributed by atoms with Gasteiger partial charge in [-0.3, -0.25) is 0 Å². The lowest BCUT2D eigenvalue weighted by Crippen LogP contribution is -2.03. The van der Waals surface area contributed by atoms with Crippen molar-refractivity contribution < 1.29 is 0 Å². The van der Waals surface area contributed by atoms with Crippen LogP contribution in [0.4, 0.5) is 0 Å². The number of nitriles is 1. The van der Waals surface area contributed by atoms with Crippen LogP contribution in [0.1, 0.15) is 5.69 Å². The molecule has 0 aliphatic carbocycles. The van der Waals surface area contributed by atoms with Gasteiger partial charge in [-0.1, -0.05) is 18.2 Å². The van der Waals surface area contributed by atoms with Gasteiger partial charge in [0.2, 0.25) is 0 Å². The van der Waals surface area contributed by atoms with Crippen molar-refractivity contribution in [3.05, 3.63) is 48.5 Å². The molecular weight excluding hydrogens is 214 g/mol. The van der Waals surface area contributed by atoms with Crippen LogP contribution in [0, 0.1) is 11.3 Å². The Morgan fingerprint density at radius 2 is 1.94 bits per heavy atom. The summed E-state index contributed by atoms with van der Waals surface area (Å²) in [6.45, 7) is 0. The highest BCUT2D eigenvalue weighted by Gasteiger charge is 2.10. The van der Waals surface area contributed by atoms with Crippen LogP contribution < -0.4 is 0 Å². The molecule has 17 heavy (non-hydrogen) atoms. The standard InChI is InChI=1S/C12H7N5/c13-7-10-12(15-6-5-14-10)17-11-4-2-1-3-9(11)8-16-17/h1-6,8H. The monoisotopic (exact) mass is 221 g/mol. The van der Waals surface area contributed by atoms with Crippen molar-refractivity contribution in [2.75, 3.05) is 0 Å². The van der Waals surface area contributed by atoms with E-state index in [0.717, 1.165) is 10.9 Å². The minimum atomic E-state index is 0.265. The lowest BCUT2D eigenvalue weighted by molar-refractivity contribution is 0.858. The maximum absolute atomic E-state index is 9.00. The zero-order valence-corrected chi connectivity index (χ0v) is 8.78. The topological polar surface area (TPSA) is 67.4 Å². The van der Waals surface area contributed by atoms with Gasteiger partial charge in [0, 0.05) is 17.8 Å². The van der Waals surface area contributed by atoms with Gasteiger partial charge < -0.3 is 0 Å². The minimum absolute atomic E-state index is 0.265. The molecule has 0 amide bonds. The Bertz CT molecular complexity index is 723. The lowest BCUT2D eigenvalue weighted by Gasteiger charge is -2.02. The summed E-state index contributed by atoms with van der Waals surface area (Å²) >= 11 is 0. The second kappa shape index (κ2) is 3.68. The van der Waals surface area contributed by atoms with Gasteiger partial charge in [-0.05, 0) is 6.07 Å². The van der Waals surface area contributed by atoms with Crippen LogP contribution >= 0.6 is 0 Å². The Morgan fingerprint density at radius 3 is 2.82 bits per heavy atom. The molecule has 2 heterocycles. The number of rotatable bonds is 1. The number of hydrogen-bond donors (Lipinski definition) is 0. The first-order valence-electron chi connectivity index (χ1n) is 5.04. The Hall–Kier alpha value is -2.74. The third-order valence-electron chi connectivity index (χ3n) is 2.46. The molecule has 0 aliphatic rings. The Kier molecular flexibility index (Phi) is 2.06. The average molecular weight is 221 g/mol. The smallest absolute Gasteiger partial charge is 0.191 e. The van der Waals surface area contributed by atoms with Gasteiger partial charge in [0.25, 0.3) is 0 Å². The van der Waals surface area contributed by atoms with Crippen molar-refractivity contribution in [3.63, 3.8) is 0 Å². The molecule has 0 radical (unpaired) electrons. The molecule has 0 bridgehead atoms. The van der Waals surface area contributed by atoms with Gasteiger partial charge in [-0.25, -0.2) is 14.6 Å². The molecule has 0 atom stereocenters. The third kappa shape index (κ3) is 1.43. The van der Waals surface area contributed by atoms with E-state index >= 15 is 0 Å². The molecule has 2 aromatic heterocycles. The Morgan fingerprint density at radius 1 is 1.12 bits per heavy atom. The van der Waals surface area contributed by atoms with Crippen LogP contribution in [0.5, 0.6) is 0 Å². The van der Waals surface area contributed by atoms with Crippen molar-refractivity contribution in [1.82, 2.24) is 19.7 Å². The first kappa shape index (κ1) is 9.48. The van der Waals surface area contributed by atoms with E-state index in [0.29, 0.717) is 5.82 Å². The van der Waals surface area contributed by atoms with E-state index in [-0.39, 0.29) is 5.69 Å². The minimum Gasteiger partial charge on any atom is -0.240 e. The molecule has 5 heteroatoms. The molecule has 0 aliphatic heterocycles. The molecule has 0 N–H and O–H groups in total. The van der Waals surface area contributed by atoms with Gasteiger partial charge in [-0.15, -0.1) is 0 Å². The molecule has 0 fully saturated rings. The molecule has 3 rings (SSSR count). The average Bonchev–Trinajstić information content (AvgIpc) is 2.82. The fraction of sp³-hybridized carbons (Fsp3) is 0. The van der Waals surface area contributed by atoms with E-state index in [9.17, 15) is 0 Å². The van der Waals surface area contributed by atoms with Crippen molar-refractivity contribution in [1.29, 1.82) is 5.26 Å². The predicted molar refractivity (Wildman–Crippen MR) is 61.4 cm³/mol. The van der Waals surface area contributed by atoms with E-state index in [2.05, 4.69) is 15.1 Å². The zero-order chi connectivity index (χ0) is 11.7. The Labute approximate surface area is 97.0 Å². The summed E-state index contributed by atoms with van der Waals surface area (Å²) in [7, 11) is 0. The molecule has 3 aromatic rings. The van der Waals surface area contributed by atoms with Crippen LogP contribution in [0.15, 0.2) is 42.9 Å². The van der Waals surface area contributed by atoms with E-state index in [1.165, 1.54) is 6.20 Å². The van der Waals surface area contributed by atoms with Crippen LogP contribution in [-0.4, -0.2) is 19.7 Å². The van der Waals surface area contributed by atoms with Crippen molar-refractivity contribution >= 4 is 10.9 Å². The normalized spacial score (nSPS) is 10.3. The summed E-state index contributed by atoms with van der Waals surface area (Å²) in [6.07, 6.45) is 4.78. The lowest BCUT2D eigenvalue weighted by atomic mass is 10.2. The van der Waals surface area contributed by atoms with Gasteiger partial charge >= 0.3 is 0 Å². The van der Waals surface area contributed by atoms with Crippen LogP contribution in [0.25, 0.3) is 16.7 Å². The molecule has 80 valence electrons. The first-order valence-corrected chi connectivity index (χ1v) is 5.04. The van der Waals surface area contributed by atoms with Crippen molar-refractivity contribution in [3.8, 4) is 11.9 Å². The summed E-state index contributed by atoms with van der Waals surface area (Å²) in [5.74, 6) is 0.455. The highest BCUT2D eigenvalue weighted by Crippen LogP contribution is 2.17. The Balaban J connectivity index is 2.32. The SMILES string of the molecule is N#Cc1nccnc1-n1ncc2ccccc21. The molecular formula is C12H7N5. The zero-order valence-electron chi connectivity index (χ0n) is 8.78. The van der Waals surface area contributed by atoms with Crippen LogP contribution in [-0.2, 0) is 0 Å². The fourth-order valence-corrected chi connectivity index (χ4v) is 1.71. The molecule has 0 saturated carbocycles. The van der Waals surface area contributed by atoms with Crippen LogP contribution in [0.2, 0.25) is 0 Å². The summed E-state index contributed by atoms with van der Waals surface area (Å²) in [5, 5.41) is 14.2. The highest BCUT2D eigenvalue weighted by atomic mass is 15.3. The fourth-order valence-electron chi connectivity index (χ4n) is 1.71. The quantitative estimate of drug-likeness (QED) is 0.627. The summed E-state index contributed by atoms with van der Waals surface area (Å²) < 4.78 is 1.63. The van der Waals surface area contributed by atoms with E-state index in [1.807, 2.05) is 30.3 Å². The number of aromatic nitrogens is 4. The maximum Gasteiger partial charge on any atom is 0.191 e. The second-order valence-electron chi connectivity index (χ2n) is 3.46. The number of nitrogens with zero attached hydrogens (tertiary/aromatic N) is 5. The van der Waals surface area contributed by atoms with E-state index in [1.54, 1.807) is 17.1 Å². The molecule has 0 spiro atoms. The van der Waals surface area contributed by atoms with Gasteiger partial charge in [0.15, 0.2) is 11.5 Å². The number of fused-ring (bicyclic) bond motifs is 1. The largest absolute Gasteiger partial charge is 0.240 e. The third-order valence-corrected chi connectivity index (χ3v) is 2.46. The highest BCUT2D eigenvalue weighted by molar-refractivity contribution is 5.80. The summed E-state index contributed by atoms with van der Waals surface area (Å²) in [5.41, 5.74) is 1.17. The molecule has 1 aromatic carbocycles. The maximum atomic E-state index is 9.00. The second-order valence-corrected chi connectivity index (χ2v) is 3.46. The number of benzene rings is 1. The van der Waals surface area contributed by atoms with Crippen molar-refractivity contribution in [2.24, 2.45) is 0 Å². The van der Waals surface area contributed by atoms with E-state index in [4.69, 9.17) is 5.26 Å². The van der Waals surface area contributed by atoms with Gasteiger partial charge in [0.05, 0.1) is 11.7 Å². The van der Waals surface area contributed by atoms with E-state index < -0.39 is 0 Å². The summed E-state index contributed by atoms with van der Waals surface area (Å²) in [6, 6.07) is 9.76. The first-order chi connectivity index (χ1) is 8.40.